The summed E-state index contributed by atoms with van der Waals surface area (Å²) < 4.78 is 63.1. The molecule has 2 aromatic carbocycles. The zero-order valence-electron chi connectivity index (χ0n) is 14.7. The van der Waals surface area contributed by atoms with Crippen LogP contribution in [-0.4, -0.2) is 96.2 Å². The summed E-state index contributed by atoms with van der Waals surface area (Å²) in [7, 11) is -9.46. The first-order valence-corrected chi connectivity index (χ1v) is 9.49. The maximum atomic E-state index is 11.4. The number of nitrogens with zero attached hydrogens (tertiary/aromatic N) is 2. The summed E-state index contributed by atoms with van der Waals surface area (Å²) in [5.74, 6) is 0. The second-order valence-corrected chi connectivity index (χ2v) is 7.64. The van der Waals surface area contributed by atoms with Crippen LogP contribution in [0.1, 0.15) is 5.56 Å². The van der Waals surface area contributed by atoms with Crippen molar-refractivity contribution in [1.29, 1.82) is 0 Å². The van der Waals surface area contributed by atoms with Gasteiger partial charge in [0.15, 0.2) is 0 Å². The molecule has 0 bridgehead atoms. The molecule has 2 rings (SSSR count). The molecule has 11 nitrogen and oxygen atoms in total. The first-order chi connectivity index (χ1) is 12.0. The van der Waals surface area contributed by atoms with Crippen LogP contribution in [0.15, 0.2) is 57.4 Å². The molecule has 0 heterocycles. The van der Waals surface area contributed by atoms with Crippen LogP contribution < -0.4 is 5.43 Å². The van der Waals surface area contributed by atoms with Gasteiger partial charge in [0.25, 0.3) is 25.9 Å². The smallest absolute Gasteiger partial charge is 0.282 e. The van der Waals surface area contributed by atoms with Crippen LogP contribution >= 0.6 is 0 Å². The summed E-state index contributed by atoms with van der Waals surface area (Å²) in [4.78, 5) is 8.48. The normalized spacial score (nSPS) is 11.4. The van der Waals surface area contributed by atoms with Gasteiger partial charge in [0.2, 0.25) is 0 Å². The number of anilines is 1. The molecule has 0 aliphatic rings. The zero-order valence-corrected chi connectivity index (χ0v) is 20.3. The van der Waals surface area contributed by atoms with Crippen molar-refractivity contribution in [3.8, 4) is 0 Å². The van der Waals surface area contributed by atoms with E-state index in [9.17, 15) is 31.5 Å². The summed E-state index contributed by atoms with van der Waals surface area (Å²) >= 11 is 0. The van der Waals surface area contributed by atoms with E-state index in [4.69, 9.17) is 4.55 Å². The standard InChI is InChI=1S/C13H11N3O8S2.2Na/c17-16(18)11-4-2-10(3-5-11)15-14-8-9-1-6-12(25(19,20)21)7-13(9)26(22,23)24;;/h1-8,15H,(H,19,20,21)(H,22,23,24);;. The fraction of sp³-hybridized carbons (Fsp3) is 0. The predicted molar refractivity (Wildman–Crippen MR) is 102 cm³/mol. The maximum Gasteiger partial charge on any atom is 0.295 e. The first kappa shape index (κ1) is 27.1. The van der Waals surface area contributed by atoms with E-state index in [2.05, 4.69) is 10.5 Å². The van der Waals surface area contributed by atoms with Crippen molar-refractivity contribution in [2.45, 2.75) is 9.79 Å². The third kappa shape index (κ3) is 7.51. The molecule has 0 aliphatic carbocycles. The Hall–Kier alpha value is -0.870. The minimum Gasteiger partial charge on any atom is -0.282 e. The van der Waals surface area contributed by atoms with Gasteiger partial charge < -0.3 is 0 Å². The molecule has 28 heavy (non-hydrogen) atoms. The molecule has 0 fully saturated rings. The van der Waals surface area contributed by atoms with E-state index >= 15 is 0 Å². The van der Waals surface area contributed by atoms with Gasteiger partial charge in [-0.05, 0) is 24.3 Å². The minimum atomic E-state index is -4.80. The number of nitrogens with one attached hydrogen (secondary N) is 1. The summed E-state index contributed by atoms with van der Waals surface area (Å²) in [5.41, 5.74) is 2.55. The molecule has 0 saturated carbocycles. The molecule has 0 atom stereocenters. The van der Waals surface area contributed by atoms with E-state index in [1.54, 1.807) is 0 Å². The van der Waals surface area contributed by atoms with Gasteiger partial charge >= 0.3 is 0 Å². The van der Waals surface area contributed by atoms with Crippen molar-refractivity contribution < 1.29 is 30.9 Å². The zero-order chi connectivity index (χ0) is 19.5. The summed E-state index contributed by atoms with van der Waals surface area (Å²) in [5, 5.41) is 14.3. The Morgan fingerprint density at radius 3 is 2.00 bits per heavy atom. The summed E-state index contributed by atoms with van der Waals surface area (Å²) in [6, 6.07) is 7.70. The predicted octanol–water partition coefficient (Wildman–Crippen LogP) is 0.773. The molecule has 3 N–H and O–H groups in total. The van der Waals surface area contributed by atoms with Gasteiger partial charge in [-0.3, -0.25) is 24.6 Å². The Kier molecular flexibility index (Phi) is 10.4. The van der Waals surface area contributed by atoms with E-state index in [0.717, 1.165) is 18.3 Å². The van der Waals surface area contributed by atoms with Crippen LogP contribution in [0.4, 0.5) is 11.4 Å². The molecule has 0 aliphatic heterocycles. The van der Waals surface area contributed by atoms with Gasteiger partial charge in [-0.15, -0.1) is 0 Å². The molecule has 2 aromatic rings. The molecule has 0 spiro atoms. The van der Waals surface area contributed by atoms with E-state index in [1.165, 1.54) is 24.3 Å². The van der Waals surface area contributed by atoms with Crippen molar-refractivity contribution in [2.24, 2.45) is 5.10 Å². The maximum absolute atomic E-state index is 11.4. The monoisotopic (exact) mass is 447 g/mol. The van der Waals surface area contributed by atoms with Gasteiger partial charge in [0.05, 0.1) is 21.7 Å². The molecule has 0 unspecified atom stereocenters. The molecule has 0 saturated heterocycles. The number of non-ortho nitro benzene ring substituents is 1. The van der Waals surface area contributed by atoms with E-state index < -0.39 is 35.0 Å². The van der Waals surface area contributed by atoms with E-state index in [0.29, 0.717) is 11.8 Å². The summed E-state index contributed by atoms with van der Waals surface area (Å²) in [6.07, 6.45) is 0.984. The van der Waals surface area contributed by atoms with Gasteiger partial charge in [-0.25, -0.2) is 0 Å². The average Bonchev–Trinajstić information content (AvgIpc) is 2.53. The largest absolute Gasteiger partial charge is 0.295 e. The second-order valence-electron chi connectivity index (χ2n) is 4.82. The topological polar surface area (TPSA) is 176 Å². The number of benzene rings is 2. The molecule has 0 aromatic heterocycles. The van der Waals surface area contributed by atoms with Gasteiger partial charge in [0, 0.05) is 76.8 Å². The van der Waals surface area contributed by atoms with Crippen molar-refractivity contribution in [1.82, 2.24) is 0 Å². The second kappa shape index (κ2) is 10.8. The Labute approximate surface area is 204 Å². The van der Waals surface area contributed by atoms with Crippen LogP contribution in [0.3, 0.4) is 0 Å². The number of nitro benzene ring substituents is 1. The number of hydrogen-bond acceptors (Lipinski definition) is 8. The fourth-order valence-corrected chi connectivity index (χ4v) is 3.12. The Balaban J connectivity index is 0.00000364. The Morgan fingerprint density at radius 1 is 0.964 bits per heavy atom. The fourth-order valence-electron chi connectivity index (χ4n) is 1.84. The van der Waals surface area contributed by atoms with Crippen LogP contribution in [0.2, 0.25) is 0 Å². The number of hydrogen-bond donors (Lipinski definition) is 3. The molecule has 0 amide bonds. The summed E-state index contributed by atoms with van der Waals surface area (Å²) in [6.45, 7) is 0. The molecule has 15 heteroatoms. The Bertz CT molecular complexity index is 1090. The van der Waals surface area contributed by atoms with Crippen LogP contribution in [0.5, 0.6) is 0 Å². The van der Waals surface area contributed by atoms with Crippen LogP contribution in [-0.2, 0) is 20.2 Å². The number of nitro groups is 1. The molecule has 2 radical (unpaired) electrons. The average molecular weight is 447 g/mol. The number of rotatable bonds is 6. The quantitative estimate of drug-likeness (QED) is 0.190. The van der Waals surface area contributed by atoms with Gasteiger partial charge in [-0.2, -0.15) is 21.9 Å². The van der Waals surface area contributed by atoms with Gasteiger partial charge in [-0.1, -0.05) is 6.07 Å². The molecule has 140 valence electrons. The van der Waals surface area contributed by atoms with Crippen molar-refractivity contribution >= 4 is 96.9 Å². The first-order valence-electron chi connectivity index (χ1n) is 6.61. The molecular weight excluding hydrogens is 436 g/mol. The third-order valence-electron chi connectivity index (χ3n) is 3.04. The number of hydrazone groups is 1. The van der Waals surface area contributed by atoms with Crippen molar-refractivity contribution in [2.75, 3.05) is 5.43 Å². The Morgan fingerprint density at radius 2 is 1.54 bits per heavy atom. The van der Waals surface area contributed by atoms with Crippen LogP contribution in [0, 0.1) is 10.1 Å². The van der Waals surface area contributed by atoms with Gasteiger partial charge in [0.1, 0.15) is 4.90 Å². The SMILES string of the molecule is O=[N+]([O-])c1ccc(NN=Cc2ccc(S(=O)(=O)O)cc2S(=O)(=O)O)cc1.[Na].[Na]. The van der Waals surface area contributed by atoms with Crippen LogP contribution in [0.25, 0.3) is 0 Å². The van der Waals surface area contributed by atoms with E-state index in [1.807, 2.05) is 0 Å². The molecular formula is C13H11N3Na2O8S2. The van der Waals surface area contributed by atoms with E-state index in [-0.39, 0.29) is 70.4 Å². The van der Waals surface area contributed by atoms with Crippen molar-refractivity contribution in [3.05, 3.63) is 58.1 Å². The third-order valence-corrected chi connectivity index (χ3v) is 4.80. The minimum absolute atomic E-state index is 0. The van der Waals surface area contributed by atoms with Crippen molar-refractivity contribution in [3.63, 3.8) is 0 Å².